The van der Waals surface area contributed by atoms with E-state index in [1.165, 1.54) is 11.1 Å². The Kier molecular flexibility index (Phi) is 8.56. The van der Waals surface area contributed by atoms with Crippen LogP contribution in [0.15, 0.2) is 24.3 Å². The molecule has 0 aliphatic carbocycles. The van der Waals surface area contributed by atoms with Gasteiger partial charge in [0.1, 0.15) is 0 Å². The molecule has 0 saturated heterocycles. The van der Waals surface area contributed by atoms with Crippen LogP contribution >= 0.6 is 0 Å². The molecule has 1 aromatic carbocycles. The number of hydrogen-bond donors (Lipinski definition) is 1. The first-order valence-corrected chi connectivity index (χ1v) is 8.20. The Morgan fingerprint density at radius 1 is 1.00 bits per heavy atom. The lowest BCUT2D eigenvalue weighted by Crippen LogP contribution is -2.34. The molecule has 2 nitrogen and oxygen atoms in total. The van der Waals surface area contributed by atoms with Crippen LogP contribution < -0.4 is 5.32 Å². The predicted octanol–water partition coefficient (Wildman–Crippen LogP) is 4.49. The van der Waals surface area contributed by atoms with Crippen LogP contribution in [0.25, 0.3) is 0 Å². The van der Waals surface area contributed by atoms with Crippen LogP contribution in [0, 0.1) is 0 Å². The van der Waals surface area contributed by atoms with Crippen molar-refractivity contribution in [2.75, 3.05) is 13.2 Å². The third-order valence-corrected chi connectivity index (χ3v) is 3.69. The molecule has 2 heteroatoms. The Morgan fingerprint density at radius 3 is 2.20 bits per heavy atom. The van der Waals surface area contributed by atoms with E-state index >= 15 is 0 Å². The Bertz CT molecular complexity index is 341. The van der Waals surface area contributed by atoms with E-state index in [9.17, 15) is 0 Å². The van der Waals surface area contributed by atoms with Gasteiger partial charge in [0.25, 0.3) is 0 Å². The van der Waals surface area contributed by atoms with Crippen LogP contribution in [0.3, 0.4) is 0 Å². The zero-order chi connectivity index (χ0) is 14.8. The highest BCUT2D eigenvalue weighted by atomic mass is 16.5. The first kappa shape index (κ1) is 17.2. The topological polar surface area (TPSA) is 21.3 Å². The number of ether oxygens (including phenoxy) is 1. The smallest absolute Gasteiger partial charge is 0.0769 e. The first-order valence-electron chi connectivity index (χ1n) is 8.20. The number of rotatable bonds is 10. The van der Waals surface area contributed by atoms with E-state index in [-0.39, 0.29) is 6.10 Å². The van der Waals surface area contributed by atoms with Gasteiger partial charge in [-0.2, -0.15) is 0 Å². The van der Waals surface area contributed by atoms with Crippen molar-refractivity contribution in [3.8, 4) is 0 Å². The van der Waals surface area contributed by atoms with Crippen molar-refractivity contribution >= 4 is 0 Å². The standard InChI is InChI=1S/C18H31NO/c1-5-9-17(20-8-4)18(19-14-6-2)16-12-10-15(7-3)11-13-16/h10-13,17-19H,5-9,14H2,1-4H3. The third kappa shape index (κ3) is 5.26. The van der Waals surface area contributed by atoms with Crippen molar-refractivity contribution < 1.29 is 4.74 Å². The molecule has 2 atom stereocenters. The van der Waals surface area contributed by atoms with Gasteiger partial charge in [-0.25, -0.2) is 0 Å². The van der Waals surface area contributed by atoms with Crippen molar-refractivity contribution in [1.29, 1.82) is 0 Å². The molecular formula is C18H31NO. The number of benzene rings is 1. The van der Waals surface area contributed by atoms with Gasteiger partial charge in [0.05, 0.1) is 12.1 Å². The Labute approximate surface area is 124 Å². The predicted molar refractivity (Wildman–Crippen MR) is 87.2 cm³/mol. The molecule has 0 aromatic heterocycles. The van der Waals surface area contributed by atoms with Crippen LogP contribution in [0.2, 0.25) is 0 Å². The second-order valence-corrected chi connectivity index (χ2v) is 5.31. The van der Waals surface area contributed by atoms with E-state index in [0.29, 0.717) is 6.04 Å². The highest BCUT2D eigenvalue weighted by Gasteiger charge is 2.22. The molecule has 0 radical (unpaired) electrons. The normalized spacial score (nSPS) is 14.2. The van der Waals surface area contributed by atoms with Crippen LogP contribution in [0.4, 0.5) is 0 Å². The van der Waals surface area contributed by atoms with E-state index in [1.807, 2.05) is 0 Å². The maximum atomic E-state index is 5.99. The quantitative estimate of drug-likeness (QED) is 0.680. The molecule has 0 saturated carbocycles. The summed E-state index contributed by atoms with van der Waals surface area (Å²) in [6, 6.07) is 9.30. The average molecular weight is 277 g/mol. The minimum absolute atomic E-state index is 0.268. The van der Waals surface area contributed by atoms with Gasteiger partial charge in [-0.05, 0) is 43.9 Å². The van der Waals surface area contributed by atoms with Crippen molar-refractivity contribution in [1.82, 2.24) is 5.32 Å². The lowest BCUT2D eigenvalue weighted by molar-refractivity contribution is 0.0276. The maximum Gasteiger partial charge on any atom is 0.0769 e. The molecule has 1 N–H and O–H groups in total. The molecule has 114 valence electrons. The Balaban J connectivity index is 2.88. The highest BCUT2D eigenvalue weighted by molar-refractivity contribution is 5.26. The molecule has 0 bridgehead atoms. The fraction of sp³-hybridized carbons (Fsp3) is 0.667. The molecule has 0 aliphatic rings. The van der Waals surface area contributed by atoms with E-state index in [2.05, 4.69) is 57.3 Å². The molecule has 1 aromatic rings. The molecule has 0 aliphatic heterocycles. The van der Waals surface area contributed by atoms with E-state index < -0.39 is 0 Å². The van der Waals surface area contributed by atoms with Gasteiger partial charge >= 0.3 is 0 Å². The van der Waals surface area contributed by atoms with Crippen molar-refractivity contribution in [3.63, 3.8) is 0 Å². The number of aryl methyl sites for hydroxylation is 1. The maximum absolute atomic E-state index is 5.99. The largest absolute Gasteiger partial charge is 0.377 e. The fourth-order valence-electron chi connectivity index (χ4n) is 2.57. The lowest BCUT2D eigenvalue weighted by Gasteiger charge is -2.28. The molecule has 0 fully saturated rings. The molecule has 20 heavy (non-hydrogen) atoms. The summed E-state index contributed by atoms with van der Waals surface area (Å²) in [5, 5.41) is 3.67. The summed E-state index contributed by atoms with van der Waals surface area (Å²) in [6.45, 7) is 10.5. The average Bonchev–Trinajstić information content (AvgIpc) is 2.48. The van der Waals surface area contributed by atoms with E-state index in [4.69, 9.17) is 4.74 Å². The summed E-state index contributed by atoms with van der Waals surface area (Å²) >= 11 is 0. The first-order chi connectivity index (χ1) is 9.76. The second-order valence-electron chi connectivity index (χ2n) is 5.31. The van der Waals surface area contributed by atoms with Crippen LogP contribution in [0.5, 0.6) is 0 Å². The monoisotopic (exact) mass is 277 g/mol. The van der Waals surface area contributed by atoms with Crippen LogP contribution in [-0.4, -0.2) is 19.3 Å². The molecule has 2 unspecified atom stereocenters. The number of nitrogens with one attached hydrogen (secondary N) is 1. The summed E-state index contributed by atoms with van der Waals surface area (Å²) in [5.41, 5.74) is 2.74. The SMILES string of the molecule is CCCNC(c1ccc(CC)cc1)C(CCC)OCC. The molecule has 0 heterocycles. The van der Waals surface area contributed by atoms with E-state index in [0.717, 1.165) is 38.8 Å². The van der Waals surface area contributed by atoms with Gasteiger partial charge in [0, 0.05) is 6.61 Å². The summed E-state index contributed by atoms with van der Waals surface area (Å²) in [4.78, 5) is 0. The summed E-state index contributed by atoms with van der Waals surface area (Å²) in [6.07, 6.45) is 4.77. The molecule has 0 amide bonds. The zero-order valence-electron chi connectivity index (χ0n) is 13.6. The van der Waals surface area contributed by atoms with Gasteiger partial charge in [0.15, 0.2) is 0 Å². The second kappa shape index (κ2) is 9.95. The summed E-state index contributed by atoms with van der Waals surface area (Å²) in [7, 11) is 0. The van der Waals surface area contributed by atoms with Gasteiger partial charge in [-0.3, -0.25) is 0 Å². The summed E-state index contributed by atoms with van der Waals surface area (Å²) in [5.74, 6) is 0. The van der Waals surface area contributed by atoms with Gasteiger partial charge < -0.3 is 10.1 Å². The zero-order valence-corrected chi connectivity index (χ0v) is 13.6. The third-order valence-electron chi connectivity index (χ3n) is 3.69. The Hall–Kier alpha value is -0.860. The summed E-state index contributed by atoms with van der Waals surface area (Å²) < 4.78 is 5.99. The van der Waals surface area contributed by atoms with E-state index in [1.54, 1.807) is 0 Å². The van der Waals surface area contributed by atoms with Gasteiger partial charge in [-0.1, -0.05) is 51.5 Å². The minimum Gasteiger partial charge on any atom is -0.377 e. The van der Waals surface area contributed by atoms with Crippen molar-refractivity contribution in [3.05, 3.63) is 35.4 Å². The fourth-order valence-corrected chi connectivity index (χ4v) is 2.57. The van der Waals surface area contributed by atoms with Crippen LogP contribution in [0.1, 0.15) is 64.1 Å². The highest BCUT2D eigenvalue weighted by Crippen LogP contribution is 2.23. The molecule has 0 spiro atoms. The van der Waals surface area contributed by atoms with Crippen molar-refractivity contribution in [2.45, 2.75) is 65.5 Å². The van der Waals surface area contributed by atoms with Gasteiger partial charge in [0.2, 0.25) is 0 Å². The molecule has 1 rings (SSSR count). The van der Waals surface area contributed by atoms with Gasteiger partial charge in [-0.15, -0.1) is 0 Å². The Morgan fingerprint density at radius 2 is 1.70 bits per heavy atom. The number of hydrogen-bond acceptors (Lipinski definition) is 2. The van der Waals surface area contributed by atoms with Crippen molar-refractivity contribution in [2.24, 2.45) is 0 Å². The lowest BCUT2D eigenvalue weighted by atomic mass is 9.96. The molecular weight excluding hydrogens is 246 g/mol. The van der Waals surface area contributed by atoms with Crippen LogP contribution in [-0.2, 0) is 11.2 Å². The minimum atomic E-state index is 0.268.